The van der Waals surface area contributed by atoms with Gasteiger partial charge < -0.3 is 15.5 Å². The molecule has 1 unspecified atom stereocenters. The molecule has 0 radical (unpaired) electrons. The maximum absolute atomic E-state index is 5.99. The van der Waals surface area contributed by atoms with Crippen molar-refractivity contribution in [3.63, 3.8) is 0 Å². The highest BCUT2D eigenvalue weighted by Crippen LogP contribution is 2.18. The maximum atomic E-state index is 5.99. The van der Waals surface area contributed by atoms with Crippen molar-refractivity contribution in [3.8, 4) is 0 Å². The van der Waals surface area contributed by atoms with Gasteiger partial charge in [-0.15, -0.1) is 0 Å². The van der Waals surface area contributed by atoms with E-state index in [1.54, 1.807) is 6.20 Å². The number of halogens is 1. The van der Waals surface area contributed by atoms with E-state index in [1.807, 2.05) is 30.3 Å². The molecular formula is C18H26ClN5. The molecule has 6 heteroatoms. The highest BCUT2D eigenvalue weighted by atomic mass is 35.5. The van der Waals surface area contributed by atoms with Crippen molar-refractivity contribution in [2.45, 2.75) is 33.2 Å². The summed E-state index contributed by atoms with van der Waals surface area (Å²) in [7, 11) is 0. The first-order chi connectivity index (χ1) is 11.6. The van der Waals surface area contributed by atoms with Gasteiger partial charge in [-0.2, -0.15) is 4.98 Å². The van der Waals surface area contributed by atoms with Gasteiger partial charge in [-0.25, -0.2) is 4.98 Å². The Labute approximate surface area is 149 Å². The molecule has 2 aromatic rings. The zero-order valence-electron chi connectivity index (χ0n) is 14.6. The largest absolute Gasteiger partial charge is 0.370 e. The number of nitrogens with one attached hydrogen (secondary N) is 2. The van der Waals surface area contributed by atoms with Gasteiger partial charge in [0.2, 0.25) is 5.95 Å². The fraction of sp³-hybridized carbons (Fsp3) is 0.444. The third-order valence-corrected chi connectivity index (χ3v) is 4.28. The summed E-state index contributed by atoms with van der Waals surface area (Å²) in [5.74, 6) is 1.38. The number of rotatable bonds is 9. The standard InChI is InChI=1S/C18H26ClN5/c1-4-24(5-2)14(3)9-11-20-17-10-12-21-18(23-17)22-16-8-6-7-15(19)13-16/h6-8,10,12-14H,4-5,9,11H2,1-3H3,(H2,20,21,22,23). The zero-order chi connectivity index (χ0) is 17.4. The van der Waals surface area contributed by atoms with Crippen molar-refractivity contribution in [1.82, 2.24) is 14.9 Å². The lowest BCUT2D eigenvalue weighted by Crippen LogP contribution is -2.34. The summed E-state index contributed by atoms with van der Waals surface area (Å²) in [6, 6.07) is 9.94. The topological polar surface area (TPSA) is 53.1 Å². The van der Waals surface area contributed by atoms with Crippen LogP contribution in [0.15, 0.2) is 36.5 Å². The average molecular weight is 348 g/mol. The summed E-state index contributed by atoms with van der Waals surface area (Å²) in [5, 5.41) is 7.22. The Hall–Kier alpha value is -1.85. The van der Waals surface area contributed by atoms with Crippen molar-refractivity contribution in [2.75, 3.05) is 30.3 Å². The molecule has 5 nitrogen and oxygen atoms in total. The Morgan fingerprint density at radius 3 is 2.71 bits per heavy atom. The molecule has 0 amide bonds. The number of hydrogen-bond donors (Lipinski definition) is 2. The van der Waals surface area contributed by atoms with Crippen LogP contribution in [-0.2, 0) is 0 Å². The van der Waals surface area contributed by atoms with Gasteiger partial charge in [0, 0.05) is 29.5 Å². The lowest BCUT2D eigenvalue weighted by atomic mass is 10.2. The van der Waals surface area contributed by atoms with Crippen LogP contribution in [0.1, 0.15) is 27.2 Å². The Morgan fingerprint density at radius 1 is 1.21 bits per heavy atom. The molecule has 1 aromatic carbocycles. The molecule has 2 N–H and O–H groups in total. The molecule has 0 spiro atoms. The Morgan fingerprint density at radius 2 is 2.00 bits per heavy atom. The van der Waals surface area contributed by atoms with Crippen LogP contribution in [0.4, 0.5) is 17.5 Å². The molecule has 0 saturated heterocycles. The summed E-state index contributed by atoms with van der Waals surface area (Å²) in [5.41, 5.74) is 0.870. The number of nitrogens with zero attached hydrogens (tertiary/aromatic N) is 3. The molecule has 0 saturated carbocycles. The second-order valence-corrected chi connectivity index (χ2v) is 6.12. The van der Waals surface area contributed by atoms with Crippen LogP contribution in [0.2, 0.25) is 5.02 Å². The van der Waals surface area contributed by atoms with Crippen molar-refractivity contribution in [2.24, 2.45) is 0 Å². The quantitative estimate of drug-likeness (QED) is 0.703. The summed E-state index contributed by atoms with van der Waals surface area (Å²) >= 11 is 5.99. The molecule has 2 rings (SSSR count). The fourth-order valence-corrected chi connectivity index (χ4v) is 2.84. The van der Waals surface area contributed by atoms with E-state index in [2.05, 4.69) is 46.3 Å². The van der Waals surface area contributed by atoms with Gasteiger partial charge in [0.1, 0.15) is 5.82 Å². The van der Waals surface area contributed by atoms with E-state index >= 15 is 0 Å². The van der Waals surface area contributed by atoms with Crippen LogP contribution >= 0.6 is 11.6 Å². The monoisotopic (exact) mass is 347 g/mol. The summed E-state index contributed by atoms with van der Waals surface area (Å²) < 4.78 is 0. The average Bonchev–Trinajstić information content (AvgIpc) is 2.56. The van der Waals surface area contributed by atoms with Crippen LogP contribution in [0.5, 0.6) is 0 Å². The van der Waals surface area contributed by atoms with Gasteiger partial charge in [-0.1, -0.05) is 31.5 Å². The van der Waals surface area contributed by atoms with Crippen LogP contribution in [0, 0.1) is 0 Å². The molecule has 24 heavy (non-hydrogen) atoms. The highest BCUT2D eigenvalue weighted by Gasteiger charge is 2.09. The molecule has 0 aliphatic rings. The SMILES string of the molecule is CCN(CC)C(C)CCNc1ccnc(Nc2cccc(Cl)c2)n1. The van der Waals surface area contributed by atoms with Gasteiger partial charge in [0.15, 0.2) is 0 Å². The third kappa shape index (κ3) is 5.65. The van der Waals surface area contributed by atoms with Crippen LogP contribution in [-0.4, -0.2) is 40.5 Å². The summed E-state index contributed by atoms with van der Waals surface area (Å²) in [6.45, 7) is 9.71. The van der Waals surface area contributed by atoms with Crippen molar-refractivity contribution >= 4 is 29.1 Å². The minimum atomic E-state index is 0.554. The molecule has 130 valence electrons. The number of anilines is 3. The predicted octanol–water partition coefficient (Wildman–Crippen LogP) is 4.41. The van der Waals surface area contributed by atoms with Gasteiger partial charge in [0.25, 0.3) is 0 Å². The van der Waals surface area contributed by atoms with E-state index < -0.39 is 0 Å². The smallest absolute Gasteiger partial charge is 0.229 e. The first kappa shape index (κ1) is 18.5. The summed E-state index contributed by atoms with van der Waals surface area (Å²) in [6.07, 6.45) is 2.82. The normalized spacial score (nSPS) is 12.2. The molecule has 0 fully saturated rings. The van der Waals surface area contributed by atoms with E-state index in [0.717, 1.165) is 37.6 Å². The van der Waals surface area contributed by atoms with Crippen molar-refractivity contribution in [3.05, 3.63) is 41.6 Å². The minimum absolute atomic E-state index is 0.554. The second-order valence-electron chi connectivity index (χ2n) is 5.69. The molecule has 1 aromatic heterocycles. The lowest BCUT2D eigenvalue weighted by molar-refractivity contribution is 0.224. The van der Waals surface area contributed by atoms with Gasteiger partial charge in [0.05, 0.1) is 0 Å². The predicted molar refractivity (Wildman–Crippen MR) is 102 cm³/mol. The molecule has 0 bridgehead atoms. The Kier molecular flexibility index (Phi) is 7.28. The van der Waals surface area contributed by atoms with Crippen LogP contribution < -0.4 is 10.6 Å². The first-order valence-corrected chi connectivity index (χ1v) is 8.83. The minimum Gasteiger partial charge on any atom is -0.370 e. The molecular weight excluding hydrogens is 322 g/mol. The maximum Gasteiger partial charge on any atom is 0.229 e. The number of hydrogen-bond acceptors (Lipinski definition) is 5. The lowest BCUT2D eigenvalue weighted by Gasteiger charge is -2.26. The van der Waals surface area contributed by atoms with Gasteiger partial charge >= 0.3 is 0 Å². The molecule has 1 heterocycles. The van der Waals surface area contributed by atoms with E-state index in [1.165, 1.54) is 0 Å². The van der Waals surface area contributed by atoms with Gasteiger partial charge in [-0.05, 0) is 50.7 Å². The highest BCUT2D eigenvalue weighted by molar-refractivity contribution is 6.30. The van der Waals surface area contributed by atoms with E-state index in [4.69, 9.17) is 11.6 Å². The van der Waals surface area contributed by atoms with E-state index in [9.17, 15) is 0 Å². The second kappa shape index (κ2) is 9.45. The molecule has 0 aliphatic heterocycles. The third-order valence-electron chi connectivity index (χ3n) is 4.04. The first-order valence-electron chi connectivity index (χ1n) is 8.46. The fourth-order valence-electron chi connectivity index (χ4n) is 2.65. The summed E-state index contributed by atoms with van der Waals surface area (Å²) in [4.78, 5) is 11.2. The van der Waals surface area contributed by atoms with Crippen LogP contribution in [0.3, 0.4) is 0 Å². The zero-order valence-corrected chi connectivity index (χ0v) is 15.3. The van der Waals surface area contributed by atoms with Crippen LogP contribution in [0.25, 0.3) is 0 Å². The number of aromatic nitrogens is 2. The Bertz CT molecular complexity index is 630. The van der Waals surface area contributed by atoms with Gasteiger partial charge in [-0.3, -0.25) is 0 Å². The van der Waals surface area contributed by atoms with Crippen molar-refractivity contribution in [1.29, 1.82) is 0 Å². The van der Waals surface area contributed by atoms with Crippen molar-refractivity contribution < 1.29 is 0 Å². The number of benzene rings is 1. The Balaban J connectivity index is 1.88. The molecule has 1 atom stereocenters. The molecule has 0 aliphatic carbocycles. The van der Waals surface area contributed by atoms with E-state index in [0.29, 0.717) is 17.0 Å². The van der Waals surface area contributed by atoms with E-state index in [-0.39, 0.29) is 0 Å².